The van der Waals surface area contributed by atoms with Crippen LogP contribution in [0.1, 0.15) is 44.2 Å². The maximum Gasteiger partial charge on any atom is 0.310 e. The molecule has 3 nitrogen and oxygen atoms in total. The summed E-state index contributed by atoms with van der Waals surface area (Å²) in [5.74, 6) is 0.657. The first-order valence-electron chi connectivity index (χ1n) is 9.09. The highest BCUT2D eigenvalue weighted by molar-refractivity contribution is 5.74. The Labute approximate surface area is 139 Å². The van der Waals surface area contributed by atoms with E-state index in [4.69, 9.17) is 4.74 Å². The highest BCUT2D eigenvalue weighted by atomic mass is 16.5. The number of benzene rings is 1. The maximum atomic E-state index is 12.4. The molecule has 4 bridgehead atoms. The lowest BCUT2D eigenvalue weighted by Crippen LogP contribution is -2.69. The smallest absolute Gasteiger partial charge is 0.310 e. The molecule has 3 heteroatoms. The summed E-state index contributed by atoms with van der Waals surface area (Å²) in [5, 5.41) is 0. The standard InChI is InChI=1S/C20H27NO2/c1-4-20-12-18-14(19(22)23-5-2)11-16(20)17(21(18)3)10-13-8-6-7-9-15(13)20/h6-9,14,16-18H,4-5,10-12H2,1-3H3/t14-,16?,17?,18?,20-/m0/s1. The van der Waals surface area contributed by atoms with Crippen LogP contribution in [-0.4, -0.2) is 36.6 Å². The highest BCUT2D eigenvalue weighted by Crippen LogP contribution is 2.59. The van der Waals surface area contributed by atoms with Crippen LogP contribution in [0.15, 0.2) is 24.3 Å². The van der Waals surface area contributed by atoms with E-state index in [9.17, 15) is 4.79 Å². The van der Waals surface area contributed by atoms with Crippen LogP contribution in [0.3, 0.4) is 0 Å². The molecule has 1 aromatic rings. The Morgan fingerprint density at radius 3 is 2.83 bits per heavy atom. The zero-order valence-corrected chi connectivity index (χ0v) is 14.4. The van der Waals surface area contributed by atoms with Crippen LogP contribution in [0.4, 0.5) is 0 Å². The molecule has 1 saturated carbocycles. The van der Waals surface area contributed by atoms with Gasteiger partial charge in [-0.3, -0.25) is 9.69 Å². The Kier molecular flexibility index (Phi) is 3.53. The molecular weight excluding hydrogens is 286 g/mol. The number of carbonyl (C=O) groups excluding carboxylic acids is 1. The number of piperidine rings is 2. The largest absolute Gasteiger partial charge is 0.466 e. The van der Waals surface area contributed by atoms with E-state index in [1.165, 1.54) is 12.0 Å². The SMILES string of the molecule is CCOC(=O)[C@H]1CC2C3Cc4ccccc4[C@]2(CC)CC1N3C. The first-order valence-corrected chi connectivity index (χ1v) is 9.09. The third-order valence-electron chi connectivity index (χ3n) is 6.97. The van der Waals surface area contributed by atoms with Crippen LogP contribution in [0.25, 0.3) is 0 Å². The lowest BCUT2D eigenvalue weighted by molar-refractivity contribution is -0.165. The summed E-state index contributed by atoms with van der Waals surface area (Å²) in [5.41, 5.74) is 3.35. The molecule has 5 atom stereocenters. The van der Waals surface area contributed by atoms with Crippen molar-refractivity contribution in [3.05, 3.63) is 35.4 Å². The molecule has 2 aliphatic carbocycles. The van der Waals surface area contributed by atoms with Gasteiger partial charge in [-0.15, -0.1) is 0 Å². The van der Waals surface area contributed by atoms with Gasteiger partial charge in [-0.25, -0.2) is 0 Å². The minimum atomic E-state index is 0.0198. The number of hydrogen-bond donors (Lipinski definition) is 0. The Morgan fingerprint density at radius 1 is 1.30 bits per heavy atom. The van der Waals surface area contributed by atoms with Crippen LogP contribution < -0.4 is 0 Å². The number of carbonyl (C=O) groups is 1. The summed E-state index contributed by atoms with van der Waals surface area (Å²) in [6.07, 6.45) is 4.40. The molecule has 2 saturated heterocycles. The predicted molar refractivity (Wildman–Crippen MR) is 90.3 cm³/mol. The molecule has 2 aliphatic heterocycles. The van der Waals surface area contributed by atoms with Gasteiger partial charge in [-0.2, -0.15) is 0 Å². The van der Waals surface area contributed by atoms with Crippen LogP contribution in [0.5, 0.6) is 0 Å². The van der Waals surface area contributed by atoms with Gasteiger partial charge in [0.15, 0.2) is 0 Å². The monoisotopic (exact) mass is 313 g/mol. The van der Waals surface area contributed by atoms with E-state index in [1.807, 2.05) is 6.92 Å². The van der Waals surface area contributed by atoms with E-state index in [-0.39, 0.29) is 17.3 Å². The molecule has 0 spiro atoms. The highest BCUT2D eigenvalue weighted by Gasteiger charge is 2.61. The van der Waals surface area contributed by atoms with Crippen LogP contribution >= 0.6 is 0 Å². The maximum absolute atomic E-state index is 12.4. The van der Waals surface area contributed by atoms with Gasteiger partial charge in [0.1, 0.15) is 0 Å². The average Bonchev–Trinajstić information content (AvgIpc) is 2.58. The fraction of sp³-hybridized carbons (Fsp3) is 0.650. The lowest BCUT2D eigenvalue weighted by Gasteiger charge is -2.64. The van der Waals surface area contributed by atoms with Gasteiger partial charge in [0, 0.05) is 17.5 Å². The number of hydrogen-bond acceptors (Lipinski definition) is 3. The summed E-state index contributed by atoms with van der Waals surface area (Å²) >= 11 is 0. The number of fused-ring (bicyclic) bond motifs is 2. The Hall–Kier alpha value is -1.35. The lowest BCUT2D eigenvalue weighted by atomic mass is 9.48. The fourth-order valence-corrected chi connectivity index (χ4v) is 5.91. The van der Waals surface area contributed by atoms with Gasteiger partial charge in [0.2, 0.25) is 0 Å². The molecule has 4 aliphatic rings. The van der Waals surface area contributed by atoms with Gasteiger partial charge < -0.3 is 4.74 Å². The van der Waals surface area contributed by atoms with Gasteiger partial charge in [0.05, 0.1) is 12.5 Å². The van der Waals surface area contributed by atoms with E-state index < -0.39 is 0 Å². The average molecular weight is 313 g/mol. The van der Waals surface area contributed by atoms with Crippen molar-refractivity contribution < 1.29 is 9.53 Å². The van der Waals surface area contributed by atoms with E-state index >= 15 is 0 Å². The fourth-order valence-electron chi connectivity index (χ4n) is 5.91. The van der Waals surface area contributed by atoms with E-state index in [0.717, 1.165) is 19.3 Å². The zero-order chi connectivity index (χ0) is 16.2. The van der Waals surface area contributed by atoms with Gasteiger partial charge in [-0.05, 0) is 56.7 Å². The van der Waals surface area contributed by atoms with Gasteiger partial charge in [-0.1, -0.05) is 31.2 Å². The predicted octanol–water partition coefficient (Wildman–Crippen LogP) is 3.16. The summed E-state index contributed by atoms with van der Waals surface area (Å²) < 4.78 is 5.37. The summed E-state index contributed by atoms with van der Waals surface area (Å²) in [7, 11) is 2.22. The third-order valence-corrected chi connectivity index (χ3v) is 6.97. The quantitative estimate of drug-likeness (QED) is 0.803. The van der Waals surface area contributed by atoms with Crippen molar-refractivity contribution in [3.63, 3.8) is 0 Å². The van der Waals surface area contributed by atoms with Crippen LogP contribution in [0.2, 0.25) is 0 Å². The topological polar surface area (TPSA) is 29.5 Å². The van der Waals surface area contributed by atoms with E-state index in [1.54, 1.807) is 5.56 Å². The molecule has 3 unspecified atom stereocenters. The number of nitrogens with zero attached hydrogens (tertiary/aromatic N) is 1. The molecule has 23 heavy (non-hydrogen) atoms. The van der Waals surface area contributed by atoms with Crippen molar-refractivity contribution in [2.24, 2.45) is 11.8 Å². The molecule has 2 heterocycles. The first kappa shape index (κ1) is 15.2. The van der Waals surface area contributed by atoms with Crippen molar-refractivity contribution >= 4 is 5.97 Å². The molecule has 0 N–H and O–H groups in total. The van der Waals surface area contributed by atoms with Gasteiger partial charge in [0.25, 0.3) is 0 Å². The third kappa shape index (κ3) is 1.95. The summed E-state index contributed by atoms with van der Waals surface area (Å²) in [6.45, 7) is 4.72. The first-order chi connectivity index (χ1) is 11.1. The van der Waals surface area contributed by atoms with Crippen molar-refractivity contribution in [1.82, 2.24) is 4.90 Å². The zero-order valence-electron chi connectivity index (χ0n) is 14.4. The molecular formula is C20H27NO2. The summed E-state index contributed by atoms with van der Waals surface area (Å²) in [4.78, 5) is 14.9. The Balaban J connectivity index is 1.76. The van der Waals surface area contributed by atoms with Crippen molar-refractivity contribution in [3.8, 4) is 0 Å². The molecule has 124 valence electrons. The normalized spacial score (nSPS) is 38.2. The van der Waals surface area contributed by atoms with Crippen molar-refractivity contribution in [1.29, 1.82) is 0 Å². The molecule has 0 aromatic heterocycles. The molecule has 0 amide bonds. The molecule has 3 fully saturated rings. The Morgan fingerprint density at radius 2 is 2.09 bits per heavy atom. The number of esters is 1. The number of ether oxygens (including phenoxy) is 1. The number of likely N-dealkylation sites (N-methyl/N-ethyl adjacent to an activating group) is 1. The second-order valence-corrected chi connectivity index (χ2v) is 7.58. The van der Waals surface area contributed by atoms with E-state index in [2.05, 4.69) is 43.1 Å². The summed E-state index contributed by atoms with van der Waals surface area (Å²) in [6, 6.07) is 9.91. The second-order valence-electron chi connectivity index (χ2n) is 7.58. The molecule has 1 aromatic carbocycles. The van der Waals surface area contributed by atoms with Crippen molar-refractivity contribution in [2.75, 3.05) is 13.7 Å². The van der Waals surface area contributed by atoms with E-state index in [0.29, 0.717) is 24.6 Å². The van der Waals surface area contributed by atoms with Crippen molar-refractivity contribution in [2.45, 2.75) is 57.0 Å². The Bertz CT molecular complexity index is 628. The molecule has 0 radical (unpaired) electrons. The van der Waals surface area contributed by atoms with Crippen LogP contribution in [-0.2, 0) is 21.4 Å². The van der Waals surface area contributed by atoms with Gasteiger partial charge >= 0.3 is 5.97 Å². The second kappa shape index (κ2) is 5.34. The minimum absolute atomic E-state index is 0.0198. The minimum Gasteiger partial charge on any atom is -0.466 e. The van der Waals surface area contributed by atoms with Crippen LogP contribution in [0, 0.1) is 11.8 Å². The molecule has 5 rings (SSSR count). The number of rotatable bonds is 3.